The van der Waals surface area contributed by atoms with Gasteiger partial charge in [0.1, 0.15) is 0 Å². The van der Waals surface area contributed by atoms with Crippen molar-refractivity contribution < 1.29 is 4.79 Å². The van der Waals surface area contributed by atoms with Crippen LogP contribution in [0, 0.1) is 6.92 Å². The molecule has 3 aromatic rings. The van der Waals surface area contributed by atoms with Gasteiger partial charge in [-0.15, -0.1) is 11.3 Å². The highest BCUT2D eigenvalue weighted by molar-refractivity contribution is 9.10. The Hall–Kier alpha value is -2.29. The van der Waals surface area contributed by atoms with Gasteiger partial charge in [-0.05, 0) is 64.9 Å². The van der Waals surface area contributed by atoms with Crippen LogP contribution in [0.25, 0.3) is 0 Å². The Bertz CT molecular complexity index is 1060. The minimum Gasteiger partial charge on any atom is -0.352 e. The topological polar surface area (TPSA) is 57.3 Å². The van der Waals surface area contributed by atoms with Gasteiger partial charge >= 0.3 is 0 Å². The van der Waals surface area contributed by atoms with Crippen molar-refractivity contribution in [3.05, 3.63) is 80.7 Å². The third kappa shape index (κ3) is 4.55. The highest BCUT2D eigenvalue weighted by Gasteiger charge is 2.40. The van der Waals surface area contributed by atoms with Crippen LogP contribution in [0.15, 0.2) is 64.6 Å². The quantitative estimate of drug-likeness (QED) is 0.454. The SMILES string of the molecule is Cc1ccccc1NC(=O)CCN1C(=S)N[C@H](c2ccccn2)[C@@H]1c1cc(Br)cs1. The zero-order valence-electron chi connectivity index (χ0n) is 16.3. The van der Waals surface area contributed by atoms with Crippen LogP contribution in [0.5, 0.6) is 0 Å². The van der Waals surface area contributed by atoms with Gasteiger partial charge in [-0.1, -0.05) is 24.3 Å². The van der Waals surface area contributed by atoms with Crippen LogP contribution in [-0.2, 0) is 4.79 Å². The van der Waals surface area contributed by atoms with Crippen molar-refractivity contribution >= 4 is 56.2 Å². The Morgan fingerprint density at radius 1 is 1.30 bits per heavy atom. The normalized spacial score (nSPS) is 18.3. The molecule has 5 nitrogen and oxygen atoms in total. The number of carbonyl (C=O) groups is 1. The highest BCUT2D eigenvalue weighted by Crippen LogP contribution is 2.41. The van der Waals surface area contributed by atoms with Crippen molar-refractivity contribution in [2.24, 2.45) is 0 Å². The predicted molar refractivity (Wildman–Crippen MR) is 129 cm³/mol. The molecular formula is C22H21BrN4OS2. The van der Waals surface area contributed by atoms with Gasteiger partial charge < -0.3 is 15.5 Å². The second-order valence-electron chi connectivity index (χ2n) is 7.10. The number of aromatic nitrogens is 1. The summed E-state index contributed by atoms with van der Waals surface area (Å²) in [7, 11) is 0. The molecule has 0 spiro atoms. The maximum atomic E-state index is 12.6. The minimum atomic E-state index is -0.0660. The second-order valence-corrected chi connectivity index (χ2v) is 9.35. The van der Waals surface area contributed by atoms with Gasteiger partial charge in [0.25, 0.3) is 0 Å². The van der Waals surface area contributed by atoms with E-state index in [1.807, 2.05) is 49.4 Å². The van der Waals surface area contributed by atoms with E-state index in [4.69, 9.17) is 12.2 Å². The zero-order valence-corrected chi connectivity index (χ0v) is 19.6. The molecule has 4 rings (SSSR count). The number of carbonyl (C=O) groups excluding carboxylic acids is 1. The summed E-state index contributed by atoms with van der Waals surface area (Å²) < 4.78 is 1.04. The molecule has 2 N–H and O–H groups in total. The maximum Gasteiger partial charge on any atom is 0.226 e. The number of nitrogens with zero attached hydrogens (tertiary/aromatic N) is 2. The van der Waals surface area contributed by atoms with E-state index in [0.29, 0.717) is 18.1 Å². The van der Waals surface area contributed by atoms with Gasteiger partial charge in [0.05, 0.1) is 17.8 Å². The molecule has 1 fully saturated rings. The van der Waals surface area contributed by atoms with Gasteiger partial charge in [-0.25, -0.2) is 0 Å². The first kappa shape index (κ1) is 21.0. The van der Waals surface area contributed by atoms with Crippen molar-refractivity contribution in [3.8, 4) is 0 Å². The van der Waals surface area contributed by atoms with Crippen molar-refractivity contribution in [2.75, 3.05) is 11.9 Å². The number of halogens is 1. The summed E-state index contributed by atoms with van der Waals surface area (Å²) in [5.41, 5.74) is 2.82. The molecule has 0 radical (unpaired) electrons. The minimum absolute atomic E-state index is 0.0186. The molecule has 1 aliphatic rings. The molecule has 0 unspecified atom stereocenters. The molecule has 3 heterocycles. The number of thiophene rings is 1. The van der Waals surface area contributed by atoms with Crippen LogP contribution in [0.4, 0.5) is 5.69 Å². The monoisotopic (exact) mass is 500 g/mol. The smallest absolute Gasteiger partial charge is 0.226 e. The third-order valence-electron chi connectivity index (χ3n) is 5.08. The Morgan fingerprint density at radius 3 is 2.80 bits per heavy atom. The molecule has 0 bridgehead atoms. The van der Waals surface area contributed by atoms with Crippen molar-refractivity contribution in [1.29, 1.82) is 0 Å². The van der Waals surface area contributed by atoms with Crippen molar-refractivity contribution in [1.82, 2.24) is 15.2 Å². The van der Waals surface area contributed by atoms with Crippen LogP contribution in [0.3, 0.4) is 0 Å². The van der Waals surface area contributed by atoms with E-state index in [0.717, 1.165) is 21.4 Å². The number of aryl methyl sites for hydroxylation is 1. The summed E-state index contributed by atoms with van der Waals surface area (Å²) in [5.74, 6) is -0.0282. The molecule has 1 amide bonds. The number of amides is 1. The van der Waals surface area contributed by atoms with E-state index in [2.05, 4.69) is 47.9 Å². The molecule has 154 valence electrons. The second kappa shape index (κ2) is 9.24. The third-order valence-corrected chi connectivity index (χ3v) is 7.19. The lowest BCUT2D eigenvalue weighted by molar-refractivity contribution is -0.116. The van der Waals surface area contributed by atoms with Crippen LogP contribution < -0.4 is 10.6 Å². The molecule has 2 atom stereocenters. The number of benzene rings is 1. The first-order valence-electron chi connectivity index (χ1n) is 9.60. The number of hydrogen-bond acceptors (Lipinski definition) is 4. The fraction of sp³-hybridized carbons (Fsp3) is 0.227. The van der Waals surface area contributed by atoms with Crippen molar-refractivity contribution in [2.45, 2.75) is 25.4 Å². The average molecular weight is 501 g/mol. The van der Waals surface area contributed by atoms with Crippen LogP contribution in [0.2, 0.25) is 0 Å². The lowest BCUT2D eigenvalue weighted by atomic mass is 10.0. The molecule has 8 heteroatoms. The molecule has 1 aliphatic heterocycles. The van der Waals surface area contributed by atoms with Crippen LogP contribution in [0.1, 0.15) is 34.6 Å². The van der Waals surface area contributed by atoms with Crippen molar-refractivity contribution in [3.63, 3.8) is 0 Å². The van der Waals surface area contributed by atoms with Crippen LogP contribution >= 0.6 is 39.5 Å². The van der Waals surface area contributed by atoms with Gasteiger partial charge in [0, 0.05) is 39.6 Å². The molecule has 1 saturated heterocycles. The number of thiocarbonyl (C=S) groups is 1. The van der Waals surface area contributed by atoms with E-state index < -0.39 is 0 Å². The number of pyridine rings is 1. The zero-order chi connectivity index (χ0) is 21.1. The Labute approximate surface area is 193 Å². The number of rotatable bonds is 6. The van der Waals surface area contributed by atoms with E-state index in [9.17, 15) is 4.79 Å². The standard InChI is InChI=1S/C22H21BrN4OS2/c1-14-6-2-3-7-16(14)25-19(28)9-11-27-21(18-12-15(23)13-30-18)20(26-22(27)29)17-8-4-5-10-24-17/h2-8,10,12-13,20-21H,9,11H2,1H3,(H,25,28)(H,26,29)/t20-,21+/m1/s1. The molecule has 2 aromatic heterocycles. The first-order chi connectivity index (χ1) is 14.5. The van der Waals surface area contributed by atoms with Gasteiger partial charge in [0.2, 0.25) is 5.91 Å². The Kier molecular flexibility index (Phi) is 6.46. The number of para-hydroxylation sites is 1. The number of anilines is 1. The largest absolute Gasteiger partial charge is 0.352 e. The summed E-state index contributed by atoms with van der Waals surface area (Å²) >= 11 is 10.9. The lowest BCUT2D eigenvalue weighted by Crippen LogP contribution is -2.32. The highest BCUT2D eigenvalue weighted by atomic mass is 79.9. The molecule has 0 aliphatic carbocycles. The molecule has 30 heavy (non-hydrogen) atoms. The first-order valence-corrected chi connectivity index (χ1v) is 11.7. The van der Waals surface area contributed by atoms with Gasteiger partial charge in [-0.3, -0.25) is 9.78 Å². The number of hydrogen-bond donors (Lipinski definition) is 2. The van der Waals surface area contributed by atoms with Gasteiger partial charge in [0.15, 0.2) is 5.11 Å². The fourth-order valence-electron chi connectivity index (χ4n) is 3.59. The Balaban J connectivity index is 1.52. The molecule has 1 aromatic carbocycles. The van der Waals surface area contributed by atoms with Crippen LogP contribution in [-0.4, -0.2) is 27.4 Å². The predicted octanol–water partition coefficient (Wildman–Crippen LogP) is 5.22. The Morgan fingerprint density at radius 2 is 2.10 bits per heavy atom. The molecule has 0 saturated carbocycles. The fourth-order valence-corrected chi connectivity index (χ4v) is 5.51. The summed E-state index contributed by atoms with van der Waals surface area (Å²) in [6, 6.07) is 15.7. The summed E-state index contributed by atoms with van der Waals surface area (Å²) in [5, 5.41) is 9.13. The lowest BCUT2D eigenvalue weighted by Gasteiger charge is -2.26. The van der Waals surface area contributed by atoms with E-state index in [1.54, 1.807) is 17.5 Å². The molecular weight excluding hydrogens is 480 g/mol. The van der Waals surface area contributed by atoms with E-state index in [1.165, 1.54) is 4.88 Å². The summed E-state index contributed by atoms with van der Waals surface area (Å²) in [6.07, 6.45) is 2.13. The van der Waals surface area contributed by atoms with E-state index in [-0.39, 0.29) is 18.0 Å². The summed E-state index contributed by atoms with van der Waals surface area (Å²) in [6.45, 7) is 2.50. The average Bonchev–Trinajstić information content (AvgIpc) is 3.31. The van der Waals surface area contributed by atoms with E-state index >= 15 is 0 Å². The maximum absolute atomic E-state index is 12.6. The summed E-state index contributed by atoms with van der Waals surface area (Å²) in [4.78, 5) is 20.4. The number of nitrogens with one attached hydrogen (secondary N) is 2. The van der Waals surface area contributed by atoms with Gasteiger partial charge in [-0.2, -0.15) is 0 Å².